The highest BCUT2D eigenvalue weighted by molar-refractivity contribution is 6.20. The molecule has 0 aliphatic rings. The zero-order valence-electron chi connectivity index (χ0n) is 30.2. The second-order valence-corrected chi connectivity index (χ2v) is 14.5. The van der Waals surface area contributed by atoms with Crippen LogP contribution in [0.25, 0.3) is 93.3 Å². The molecule has 0 radical (unpaired) electrons. The molecular weight excluding hydrogens is 685 g/mol. The second kappa shape index (κ2) is 12.0. The quantitative estimate of drug-likeness (QED) is 0.178. The van der Waals surface area contributed by atoms with E-state index in [1.165, 1.54) is 21.8 Å². The Labute approximate surface area is 321 Å². The van der Waals surface area contributed by atoms with Crippen LogP contribution >= 0.6 is 0 Å². The largest absolute Gasteiger partial charge is 0.455 e. The lowest BCUT2D eigenvalue weighted by Gasteiger charge is -2.27. The van der Waals surface area contributed by atoms with Gasteiger partial charge in [0.05, 0.1) is 22.1 Å². The third-order valence-electron chi connectivity index (χ3n) is 11.4. The first-order chi connectivity index (χ1) is 27.8. The standard InChI is InChI=1S/C52H32N2O2/c1-2-18-38-33(13-1)29-30-44-50-47(26-12-28-49(50)56-52(38)44)53(35-15-9-14-34(31-35)39-22-11-23-43-42-21-5-8-27-48(42)55-51(39)43)36-16-10-17-37(32-36)54-45-24-6-3-19-40(45)41-20-4-7-25-46(41)54/h1-32H. The molecule has 12 rings (SSSR count). The van der Waals surface area contributed by atoms with Gasteiger partial charge in [0.1, 0.15) is 22.3 Å². The maximum absolute atomic E-state index is 6.73. The summed E-state index contributed by atoms with van der Waals surface area (Å²) in [5, 5.41) is 9.12. The predicted molar refractivity (Wildman–Crippen MR) is 233 cm³/mol. The Morgan fingerprint density at radius 2 is 1.02 bits per heavy atom. The zero-order chi connectivity index (χ0) is 36.7. The van der Waals surface area contributed by atoms with Crippen molar-refractivity contribution >= 4 is 93.5 Å². The minimum absolute atomic E-state index is 0.848. The number of nitrogens with zero attached hydrogens (tertiary/aromatic N) is 2. The normalized spacial score (nSPS) is 11.9. The molecule has 9 aromatic carbocycles. The van der Waals surface area contributed by atoms with E-state index in [2.05, 4.69) is 191 Å². The highest BCUT2D eigenvalue weighted by Gasteiger charge is 2.22. The van der Waals surface area contributed by atoms with Gasteiger partial charge in [0.25, 0.3) is 0 Å². The fourth-order valence-corrected chi connectivity index (χ4v) is 8.91. The van der Waals surface area contributed by atoms with E-state index in [0.717, 1.165) is 88.5 Å². The van der Waals surface area contributed by atoms with Gasteiger partial charge in [0.2, 0.25) is 0 Å². The summed E-state index contributed by atoms with van der Waals surface area (Å²) in [5.41, 5.74) is 12.2. The third-order valence-corrected chi connectivity index (χ3v) is 11.4. The first-order valence-corrected chi connectivity index (χ1v) is 19.0. The van der Waals surface area contributed by atoms with Crippen LogP contribution in [0, 0.1) is 0 Å². The molecule has 0 N–H and O–H groups in total. The Kier molecular flexibility index (Phi) is 6.60. The molecule has 4 nitrogen and oxygen atoms in total. The van der Waals surface area contributed by atoms with Gasteiger partial charge in [-0.25, -0.2) is 0 Å². The van der Waals surface area contributed by atoms with Crippen molar-refractivity contribution in [3.8, 4) is 16.8 Å². The van der Waals surface area contributed by atoms with Crippen LogP contribution in [-0.4, -0.2) is 4.57 Å². The summed E-state index contributed by atoms with van der Waals surface area (Å²) in [5.74, 6) is 0. The number of para-hydroxylation sites is 4. The van der Waals surface area contributed by atoms with E-state index in [9.17, 15) is 0 Å². The molecule has 56 heavy (non-hydrogen) atoms. The molecule has 0 atom stereocenters. The van der Waals surface area contributed by atoms with Crippen molar-refractivity contribution in [2.75, 3.05) is 4.90 Å². The summed E-state index contributed by atoms with van der Waals surface area (Å²) < 4.78 is 15.7. The molecule has 0 saturated carbocycles. The van der Waals surface area contributed by atoms with Gasteiger partial charge in [0.15, 0.2) is 0 Å². The van der Waals surface area contributed by atoms with E-state index in [1.54, 1.807) is 0 Å². The van der Waals surface area contributed by atoms with Crippen molar-refractivity contribution in [1.82, 2.24) is 4.57 Å². The van der Waals surface area contributed by atoms with Crippen molar-refractivity contribution in [1.29, 1.82) is 0 Å². The molecule has 12 aromatic rings. The lowest BCUT2D eigenvalue weighted by molar-refractivity contribution is 0.670. The number of hydrogen-bond donors (Lipinski definition) is 0. The summed E-state index contributed by atoms with van der Waals surface area (Å²) in [6, 6.07) is 69.0. The minimum Gasteiger partial charge on any atom is -0.455 e. The van der Waals surface area contributed by atoms with Crippen molar-refractivity contribution in [3.05, 3.63) is 194 Å². The molecule has 0 fully saturated rings. The molecule has 0 bridgehead atoms. The van der Waals surface area contributed by atoms with E-state index in [0.29, 0.717) is 0 Å². The monoisotopic (exact) mass is 716 g/mol. The van der Waals surface area contributed by atoms with Gasteiger partial charge >= 0.3 is 0 Å². The maximum atomic E-state index is 6.73. The van der Waals surface area contributed by atoms with E-state index < -0.39 is 0 Å². The van der Waals surface area contributed by atoms with Crippen LogP contribution in [0.5, 0.6) is 0 Å². The topological polar surface area (TPSA) is 34.5 Å². The Bertz CT molecular complexity index is 3460. The molecule has 4 heteroatoms. The molecule has 3 aromatic heterocycles. The zero-order valence-corrected chi connectivity index (χ0v) is 30.2. The van der Waals surface area contributed by atoms with E-state index in [1.807, 2.05) is 12.1 Å². The Hall–Kier alpha value is -7.56. The highest BCUT2D eigenvalue weighted by Crippen LogP contribution is 2.46. The lowest BCUT2D eigenvalue weighted by Crippen LogP contribution is -2.11. The predicted octanol–water partition coefficient (Wildman–Crippen LogP) is 14.9. The van der Waals surface area contributed by atoms with E-state index in [-0.39, 0.29) is 0 Å². The number of benzene rings is 9. The molecule has 0 aliphatic heterocycles. The summed E-state index contributed by atoms with van der Waals surface area (Å²) in [6.07, 6.45) is 0. The molecule has 0 saturated heterocycles. The van der Waals surface area contributed by atoms with Gasteiger partial charge in [-0.2, -0.15) is 0 Å². The molecule has 0 unspecified atom stereocenters. The van der Waals surface area contributed by atoms with Crippen molar-refractivity contribution in [2.24, 2.45) is 0 Å². The fraction of sp³-hybridized carbons (Fsp3) is 0. The first-order valence-electron chi connectivity index (χ1n) is 19.0. The van der Waals surface area contributed by atoms with Crippen LogP contribution in [0.1, 0.15) is 0 Å². The molecule has 0 amide bonds. The molecule has 3 heterocycles. The molecular formula is C52H32N2O2. The number of hydrogen-bond acceptors (Lipinski definition) is 3. The Morgan fingerprint density at radius 1 is 0.393 bits per heavy atom. The molecule has 0 spiro atoms. The van der Waals surface area contributed by atoms with Crippen LogP contribution in [0.2, 0.25) is 0 Å². The third kappa shape index (κ3) is 4.53. The summed E-state index contributed by atoms with van der Waals surface area (Å²) in [6.45, 7) is 0. The van der Waals surface area contributed by atoms with Crippen molar-refractivity contribution < 1.29 is 8.83 Å². The summed E-state index contributed by atoms with van der Waals surface area (Å²) >= 11 is 0. The van der Waals surface area contributed by atoms with Gasteiger partial charge in [-0.3, -0.25) is 0 Å². The van der Waals surface area contributed by atoms with Crippen LogP contribution < -0.4 is 4.90 Å². The average molecular weight is 717 g/mol. The van der Waals surface area contributed by atoms with Gasteiger partial charge in [-0.15, -0.1) is 0 Å². The highest BCUT2D eigenvalue weighted by atomic mass is 16.3. The number of rotatable bonds is 5. The van der Waals surface area contributed by atoms with Crippen molar-refractivity contribution in [2.45, 2.75) is 0 Å². The summed E-state index contributed by atoms with van der Waals surface area (Å²) in [7, 11) is 0. The van der Waals surface area contributed by atoms with Crippen molar-refractivity contribution in [3.63, 3.8) is 0 Å². The first kappa shape index (κ1) is 30.9. The molecule has 262 valence electrons. The van der Waals surface area contributed by atoms with E-state index >= 15 is 0 Å². The Morgan fingerprint density at radius 3 is 1.86 bits per heavy atom. The van der Waals surface area contributed by atoms with Gasteiger partial charge in [-0.05, 0) is 77.7 Å². The summed E-state index contributed by atoms with van der Waals surface area (Å²) in [4.78, 5) is 2.38. The average Bonchev–Trinajstić information content (AvgIpc) is 3.94. The number of fused-ring (bicyclic) bond motifs is 11. The smallest absolute Gasteiger partial charge is 0.143 e. The second-order valence-electron chi connectivity index (χ2n) is 14.5. The number of anilines is 3. The minimum atomic E-state index is 0.848. The van der Waals surface area contributed by atoms with Gasteiger partial charge < -0.3 is 18.3 Å². The van der Waals surface area contributed by atoms with E-state index in [4.69, 9.17) is 8.83 Å². The van der Waals surface area contributed by atoms with Gasteiger partial charge in [-0.1, -0.05) is 127 Å². The maximum Gasteiger partial charge on any atom is 0.143 e. The van der Waals surface area contributed by atoms with Crippen LogP contribution in [0.4, 0.5) is 17.1 Å². The Balaban J connectivity index is 1.12. The van der Waals surface area contributed by atoms with Crippen LogP contribution in [-0.2, 0) is 0 Å². The SMILES string of the molecule is c1cc(-c2cccc3c2oc2ccccc23)cc(N(c2cccc(-n3c4ccccc4c4ccccc43)c2)c2cccc3oc4c5ccccc5ccc4c23)c1. The fourth-order valence-electron chi connectivity index (χ4n) is 8.91. The molecule has 0 aliphatic carbocycles. The van der Waals surface area contributed by atoms with Crippen LogP contribution in [0.15, 0.2) is 203 Å². The number of aromatic nitrogens is 1. The van der Waals surface area contributed by atoms with Crippen LogP contribution in [0.3, 0.4) is 0 Å². The van der Waals surface area contributed by atoms with Gasteiger partial charge in [0, 0.05) is 54.9 Å². The lowest BCUT2D eigenvalue weighted by atomic mass is 10.0. The number of furan rings is 2.